The Morgan fingerprint density at radius 3 is 2.52 bits per heavy atom. The number of rotatable bonds is 8. The van der Waals surface area contributed by atoms with E-state index in [2.05, 4.69) is 25.2 Å². The van der Waals surface area contributed by atoms with Gasteiger partial charge in [-0.05, 0) is 63.7 Å². The average molecular weight is 556 g/mol. The Morgan fingerprint density at radius 2 is 1.77 bits per heavy atom. The summed E-state index contributed by atoms with van der Waals surface area (Å²) < 4.78 is 41.4. The number of nitrogens with one attached hydrogen (secondary N) is 1. The lowest BCUT2D eigenvalue weighted by molar-refractivity contribution is -0.123. The Balaban J connectivity index is 1.20. The highest BCUT2D eigenvalue weighted by Gasteiger charge is 2.27. The van der Waals surface area contributed by atoms with E-state index in [-0.39, 0.29) is 23.9 Å². The maximum Gasteiger partial charge on any atom is 0.296 e. The van der Waals surface area contributed by atoms with Crippen molar-refractivity contribution in [3.05, 3.63) is 36.2 Å². The molecule has 214 valence electrons. The maximum absolute atomic E-state index is 14.1. The summed E-state index contributed by atoms with van der Waals surface area (Å²) in [6.45, 7) is 4.72. The van der Waals surface area contributed by atoms with Crippen LogP contribution < -0.4 is 15.0 Å². The highest BCUT2D eigenvalue weighted by atomic mass is 19.3. The highest BCUT2D eigenvalue weighted by Crippen LogP contribution is 2.31. The van der Waals surface area contributed by atoms with Gasteiger partial charge in [-0.2, -0.15) is 9.97 Å². The van der Waals surface area contributed by atoms with E-state index >= 15 is 0 Å². The number of amides is 1. The van der Waals surface area contributed by atoms with Gasteiger partial charge in [0.2, 0.25) is 17.7 Å². The van der Waals surface area contributed by atoms with E-state index < -0.39 is 6.43 Å². The average Bonchev–Trinajstić information content (AvgIpc) is 3.62. The molecule has 1 amide bonds. The molecule has 0 unspecified atom stereocenters. The zero-order valence-electron chi connectivity index (χ0n) is 22.5. The first-order valence-corrected chi connectivity index (χ1v) is 14.2. The van der Waals surface area contributed by atoms with Crippen LogP contribution in [0.2, 0.25) is 0 Å². The fraction of sp³-hybridized carbons (Fsp3) is 0.571. The normalized spacial score (nSPS) is 22.2. The molecule has 0 bridgehead atoms. The van der Waals surface area contributed by atoms with Crippen LogP contribution in [0.5, 0.6) is 5.88 Å². The number of imidazole rings is 1. The van der Waals surface area contributed by atoms with Gasteiger partial charge in [0.15, 0.2) is 5.82 Å². The number of carbonyl (C=O) groups is 1. The Labute approximate surface area is 231 Å². The molecule has 1 aliphatic carbocycles. The van der Waals surface area contributed by atoms with E-state index in [1.54, 1.807) is 30.3 Å². The zero-order chi connectivity index (χ0) is 27.5. The van der Waals surface area contributed by atoms with Crippen molar-refractivity contribution in [2.75, 3.05) is 50.8 Å². The van der Waals surface area contributed by atoms with Crippen molar-refractivity contribution >= 4 is 22.9 Å². The topological polar surface area (TPSA) is 97.6 Å². The molecule has 2 saturated heterocycles. The Morgan fingerprint density at radius 1 is 1.02 bits per heavy atom. The molecule has 1 N–H and O–H groups in total. The molecule has 0 radical (unpaired) electrons. The van der Waals surface area contributed by atoms with E-state index in [4.69, 9.17) is 9.47 Å². The summed E-state index contributed by atoms with van der Waals surface area (Å²) in [4.78, 5) is 30.2. The third kappa shape index (κ3) is 6.02. The Bertz CT molecular complexity index is 1320. The molecule has 1 aromatic carbocycles. The minimum absolute atomic E-state index is 0.0873. The molecule has 3 aromatic rings. The lowest BCUT2D eigenvalue weighted by atomic mass is 9.93. The van der Waals surface area contributed by atoms with Gasteiger partial charge in [-0.25, -0.2) is 13.8 Å². The first-order valence-electron chi connectivity index (χ1n) is 14.2. The number of aromatic nitrogens is 4. The molecule has 2 aromatic heterocycles. The van der Waals surface area contributed by atoms with E-state index in [1.807, 2.05) is 4.90 Å². The molecule has 0 spiro atoms. The van der Waals surface area contributed by atoms with Crippen molar-refractivity contribution in [3.63, 3.8) is 0 Å². The maximum atomic E-state index is 14.1. The number of nitrogens with zero attached hydrogens (tertiary/aromatic N) is 6. The summed E-state index contributed by atoms with van der Waals surface area (Å²) >= 11 is 0. The molecular formula is C28H35F2N7O3. The van der Waals surface area contributed by atoms with Gasteiger partial charge in [-0.1, -0.05) is 12.1 Å². The second kappa shape index (κ2) is 12.0. The molecule has 3 aliphatic rings. The molecule has 40 heavy (non-hydrogen) atoms. The predicted octanol–water partition coefficient (Wildman–Crippen LogP) is 3.49. The van der Waals surface area contributed by atoms with Gasteiger partial charge < -0.3 is 19.7 Å². The van der Waals surface area contributed by atoms with Gasteiger partial charge >= 0.3 is 0 Å². The van der Waals surface area contributed by atoms with Crippen molar-refractivity contribution in [1.82, 2.24) is 29.7 Å². The number of ether oxygens (including phenoxy) is 2. The Hall–Kier alpha value is -3.38. The molecule has 12 heteroatoms. The number of fused-ring (bicyclic) bond motifs is 1. The number of carbonyl (C=O) groups excluding carboxylic acids is 1. The van der Waals surface area contributed by atoms with Crippen LogP contribution >= 0.6 is 0 Å². The lowest BCUT2D eigenvalue weighted by Crippen LogP contribution is -2.44. The molecule has 3 fully saturated rings. The number of para-hydroxylation sites is 2. The van der Waals surface area contributed by atoms with Crippen LogP contribution in [0, 0.1) is 0 Å². The number of anilines is 1. The molecule has 10 nitrogen and oxygen atoms in total. The third-order valence-electron chi connectivity index (χ3n) is 7.87. The number of alkyl halides is 2. The molecule has 0 atom stereocenters. The largest absolute Gasteiger partial charge is 0.474 e. The molecule has 1 saturated carbocycles. The quantitative estimate of drug-likeness (QED) is 0.451. The summed E-state index contributed by atoms with van der Waals surface area (Å²) in [5.74, 6) is 0.759. The van der Waals surface area contributed by atoms with Crippen LogP contribution in [0.3, 0.4) is 0 Å². The number of hydrogen-bond donors (Lipinski definition) is 1. The van der Waals surface area contributed by atoms with E-state index in [9.17, 15) is 13.6 Å². The molecular weight excluding hydrogens is 520 g/mol. The van der Waals surface area contributed by atoms with E-state index in [0.29, 0.717) is 61.5 Å². The molecule has 4 heterocycles. The second-order valence-corrected chi connectivity index (χ2v) is 10.7. The van der Waals surface area contributed by atoms with E-state index in [1.165, 1.54) is 4.57 Å². The summed E-state index contributed by atoms with van der Waals surface area (Å²) in [6, 6.07) is 8.78. The smallest absolute Gasteiger partial charge is 0.296 e. The number of hydrogen-bond acceptors (Lipinski definition) is 8. The van der Waals surface area contributed by atoms with E-state index in [0.717, 1.165) is 51.6 Å². The predicted molar refractivity (Wildman–Crippen MR) is 145 cm³/mol. The van der Waals surface area contributed by atoms with Gasteiger partial charge in [0.05, 0.1) is 30.8 Å². The van der Waals surface area contributed by atoms with Crippen molar-refractivity contribution in [2.45, 2.75) is 57.1 Å². The second-order valence-electron chi connectivity index (χ2n) is 10.7. The zero-order valence-corrected chi connectivity index (χ0v) is 22.5. The van der Waals surface area contributed by atoms with Crippen LogP contribution in [0.1, 0.15) is 50.8 Å². The van der Waals surface area contributed by atoms with Crippen LogP contribution in [-0.4, -0.2) is 88.4 Å². The van der Waals surface area contributed by atoms with Gasteiger partial charge in [0.1, 0.15) is 11.9 Å². The number of halogens is 2. The fourth-order valence-corrected chi connectivity index (χ4v) is 5.83. The summed E-state index contributed by atoms with van der Waals surface area (Å²) in [5.41, 5.74) is 1.01. The first kappa shape index (κ1) is 26.8. The number of likely N-dealkylation sites (tertiary alicyclic amines) is 1. The first-order chi connectivity index (χ1) is 19.5. The monoisotopic (exact) mass is 555 g/mol. The lowest BCUT2D eigenvalue weighted by Gasteiger charge is -2.30. The molecule has 2 aliphatic heterocycles. The molecule has 6 rings (SSSR count). The number of benzene rings is 1. The third-order valence-corrected chi connectivity index (χ3v) is 7.87. The van der Waals surface area contributed by atoms with Crippen LogP contribution in [0.15, 0.2) is 30.3 Å². The van der Waals surface area contributed by atoms with Crippen LogP contribution in [0.4, 0.5) is 14.7 Å². The van der Waals surface area contributed by atoms with Gasteiger partial charge in [-0.15, -0.1) is 0 Å². The van der Waals surface area contributed by atoms with Crippen molar-refractivity contribution in [3.8, 4) is 11.7 Å². The summed E-state index contributed by atoms with van der Waals surface area (Å²) in [7, 11) is 0. The minimum atomic E-state index is -2.78. The van der Waals surface area contributed by atoms with Crippen molar-refractivity contribution < 1.29 is 23.0 Å². The van der Waals surface area contributed by atoms with Gasteiger partial charge in [0, 0.05) is 25.2 Å². The van der Waals surface area contributed by atoms with Crippen LogP contribution in [-0.2, 0) is 9.53 Å². The van der Waals surface area contributed by atoms with Crippen LogP contribution in [0.25, 0.3) is 16.9 Å². The van der Waals surface area contributed by atoms with Crippen molar-refractivity contribution in [1.29, 1.82) is 0 Å². The fourth-order valence-electron chi connectivity index (χ4n) is 5.83. The summed E-state index contributed by atoms with van der Waals surface area (Å²) in [5, 5.41) is 3.18. The standard InChI is InChI=1S/C28H35F2N7O3/c29-26(30)27-32-21-5-1-2-6-22(21)37(27)23-17-25(34-28(33-23)36-13-15-39-16-14-36)40-20-9-7-19(8-10-20)31-24(38)18-35-11-3-4-12-35/h1-2,5-6,17,19-20,26H,3-4,7-16,18H2,(H,31,38)/t19-,20-. The summed E-state index contributed by atoms with van der Waals surface area (Å²) in [6.07, 6.45) is 2.59. The van der Waals surface area contributed by atoms with Gasteiger partial charge in [0.25, 0.3) is 6.43 Å². The Kier molecular flexibility index (Phi) is 8.05. The number of morpholine rings is 1. The minimum Gasteiger partial charge on any atom is -0.474 e. The SMILES string of the molecule is O=C(CN1CCCC1)N[C@H]1CC[C@H](Oc2cc(-n3c(C(F)F)nc4ccccc43)nc(N3CCOCC3)n2)CC1. The van der Waals surface area contributed by atoms with Crippen molar-refractivity contribution in [2.24, 2.45) is 0 Å². The van der Waals surface area contributed by atoms with Gasteiger partial charge in [-0.3, -0.25) is 14.3 Å². The highest BCUT2D eigenvalue weighted by molar-refractivity contribution is 5.78.